The second kappa shape index (κ2) is 6.07. The van der Waals surface area contributed by atoms with Crippen LogP contribution in [0.25, 0.3) is 0 Å². The molecular weight excluding hydrogens is 301 g/mol. The van der Waals surface area contributed by atoms with Crippen LogP contribution < -0.4 is 10.2 Å². The zero-order valence-corrected chi connectivity index (χ0v) is 12.2. The minimum atomic E-state index is -4.84. The summed E-state index contributed by atoms with van der Waals surface area (Å²) in [6, 6.07) is -0.0505. The largest absolute Gasteiger partial charge is 0.478 e. The number of alkyl halides is 3. The van der Waals surface area contributed by atoms with E-state index in [2.05, 4.69) is 15.3 Å². The number of rotatable bonds is 3. The Bertz CT molecular complexity index is 563. The second-order valence-corrected chi connectivity index (χ2v) is 5.44. The number of nitrogens with zero attached hydrogens (tertiary/aromatic N) is 3. The highest BCUT2D eigenvalue weighted by Crippen LogP contribution is 2.32. The lowest BCUT2D eigenvalue weighted by molar-refractivity contribution is -0.141. The number of nitrogens with one attached hydrogen (secondary N) is 1. The zero-order chi connectivity index (χ0) is 16.5. The average molecular weight is 318 g/mol. The van der Waals surface area contributed by atoms with Gasteiger partial charge in [0.1, 0.15) is 5.56 Å². The van der Waals surface area contributed by atoms with Gasteiger partial charge in [0.15, 0.2) is 5.69 Å². The monoisotopic (exact) mass is 318 g/mol. The molecule has 2 rings (SSSR count). The predicted octanol–water partition coefficient (Wildman–Crippen LogP) is 1.63. The first-order chi connectivity index (χ1) is 10.2. The van der Waals surface area contributed by atoms with Gasteiger partial charge in [-0.3, -0.25) is 0 Å². The summed E-state index contributed by atoms with van der Waals surface area (Å²) in [5, 5.41) is 12.0. The minimum absolute atomic E-state index is 0.0505. The number of aromatic carboxylic acids is 1. The van der Waals surface area contributed by atoms with Crippen molar-refractivity contribution in [2.45, 2.75) is 26.1 Å². The van der Waals surface area contributed by atoms with E-state index in [0.29, 0.717) is 19.6 Å². The maximum atomic E-state index is 13.0. The van der Waals surface area contributed by atoms with E-state index in [4.69, 9.17) is 5.11 Å². The first kappa shape index (κ1) is 16.5. The Morgan fingerprint density at radius 3 is 2.73 bits per heavy atom. The highest BCUT2D eigenvalue weighted by Gasteiger charge is 2.39. The van der Waals surface area contributed by atoms with Crippen LogP contribution in [0, 0.1) is 5.92 Å². The van der Waals surface area contributed by atoms with E-state index < -0.39 is 23.4 Å². The number of carbonyl (C=O) groups is 1. The van der Waals surface area contributed by atoms with Crippen molar-refractivity contribution in [3.05, 3.63) is 17.5 Å². The molecule has 1 aliphatic heterocycles. The maximum absolute atomic E-state index is 13.0. The molecule has 9 heteroatoms. The Morgan fingerprint density at radius 2 is 2.18 bits per heavy atom. The van der Waals surface area contributed by atoms with Crippen molar-refractivity contribution < 1.29 is 23.1 Å². The third-order valence-corrected chi connectivity index (χ3v) is 3.58. The number of aromatic nitrogens is 2. The fourth-order valence-electron chi connectivity index (χ4n) is 2.45. The highest BCUT2D eigenvalue weighted by molar-refractivity contribution is 5.88. The van der Waals surface area contributed by atoms with Crippen molar-refractivity contribution >= 4 is 11.9 Å². The van der Waals surface area contributed by atoms with Crippen molar-refractivity contribution in [3.8, 4) is 0 Å². The number of carboxylic acids is 1. The molecule has 0 bridgehead atoms. The van der Waals surface area contributed by atoms with Crippen LogP contribution in [0.15, 0.2) is 6.20 Å². The van der Waals surface area contributed by atoms with Gasteiger partial charge < -0.3 is 15.3 Å². The molecule has 22 heavy (non-hydrogen) atoms. The number of hydrogen-bond acceptors (Lipinski definition) is 5. The summed E-state index contributed by atoms with van der Waals surface area (Å²) in [6.45, 7) is 5.60. The van der Waals surface area contributed by atoms with E-state index in [1.54, 1.807) is 4.90 Å². The van der Waals surface area contributed by atoms with Crippen LogP contribution in [0.2, 0.25) is 0 Å². The summed E-state index contributed by atoms with van der Waals surface area (Å²) in [5.41, 5.74) is -2.35. The topological polar surface area (TPSA) is 78.4 Å². The zero-order valence-electron chi connectivity index (χ0n) is 12.2. The fourth-order valence-corrected chi connectivity index (χ4v) is 2.45. The van der Waals surface area contributed by atoms with Gasteiger partial charge >= 0.3 is 12.1 Å². The van der Waals surface area contributed by atoms with Crippen LogP contribution >= 0.6 is 0 Å². The number of hydrogen-bond donors (Lipinski definition) is 2. The second-order valence-electron chi connectivity index (χ2n) is 5.44. The summed E-state index contributed by atoms with van der Waals surface area (Å²) in [4.78, 5) is 20.0. The molecule has 1 unspecified atom stereocenters. The Balaban J connectivity index is 2.45. The molecule has 1 aliphatic rings. The summed E-state index contributed by atoms with van der Waals surface area (Å²) in [5.74, 6) is -1.60. The molecular formula is C13H17F3N4O2. The molecule has 0 saturated carbocycles. The van der Waals surface area contributed by atoms with Crippen molar-refractivity contribution in [2.75, 3.05) is 24.5 Å². The first-order valence-corrected chi connectivity index (χ1v) is 6.86. The molecule has 0 spiro atoms. The van der Waals surface area contributed by atoms with Gasteiger partial charge in [-0.2, -0.15) is 13.2 Å². The van der Waals surface area contributed by atoms with Crippen LogP contribution in [0.5, 0.6) is 0 Å². The third-order valence-electron chi connectivity index (χ3n) is 3.58. The van der Waals surface area contributed by atoms with Gasteiger partial charge in [0.2, 0.25) is 5.95 Å². The van der Waals surface area contributed by atoms with Crippen molar-refractivity contribution in [3.63, 3.8) is 0 Å². The van der Waals surface area contributed by atoms with Crippen LogP contribution in [-0.4, -0.2) is 46.7 Å². The Hall–Kier alpha value is -1.90. The van der Waals surface area contributed by atoms with E-state index in [-0.39, 0.29) is 17.9 Å². The van der Waals surface area contributed by atoms with E-state index in [1.807, 2.05) is 13.8 Å². The average Bonchev–Trinajstić information content (AvgIpc) is 2.45. The molecule has 6 nitrogen and oxygen atoms in total. The van der Waals surface area contributed by atoms with Gasteiger partial charge in [-0.1, -0.05) is 13.8 Å². The molecule has 1 atom stereocenters. The van der Waals surface area contributed by atoms with E-state index in [0.717, 1.165) is 6.20 Å². The summed E-state index contributed by atoms with van der Waals surface area (Å²) >= 11 is 0. The SMILES string of the molecule is CC(C)C1CNCCN1c1ncc(C(=O)O)c(C(F)(F)F)n1. The van der Waals surface area contributed by atoms with Gasteiger partial charge in [-0.05, 0) is 5.92 Å². The lowest BCUT2D eigenvalue weighted by atomic mass is 10.0. The molecule has 2 heterocycles. The molecule has 2 N–H and O–H groups in total. The number of halogens is 3. The number of piperazine rings is 1. The molecule has 1 aromatic heterocycles. The molecule has 122 valence electrons. The van der Waals surface area contributed by atoms with Gasteiger partial charge in [0.05, 0.1) is 0 Å². The first-order valence-electron chi connectivity index (χ1n) is 6.86. The van der Waals surface area contributed by atoms with Gasteiger partial charge in [-0.25, -0.2) is 14.8 Å². The van der Waals surface area contributed by atoms with E-state index in [1.165, 1.54) is 0 Å². The minimum Gasteiger partial charge on any atom is -0.478 e. The van der Waals surface area contributed by atoms with E-state index >= 15 is 0 Å². The molecule has 0 amide bonds. The van der Waals surface area contributed by atoms with Crippen LogP contribution in [0.1, 0.15) is 29.9 Å². The summed E-state index contributed by atoms with van der Waals surface area (Å²) in [7, 11) is 0. The van der Waals surface area contributed by atoms with Gasteiger partial charge in [-0.15, -0.1) is 0 Å². The Labute approximate surface area is 125 Å². The summed E-state index contributed by atoms with van der Waals surface area (Å²) < 4.78 is 39.1. The molecule has 0 radical (unpaired) electrons. The normalized spacial score (nSPS) is 19.5. The summed E-state index contributed by atoms with van der Waals surface area (Å²) in [6.07, 6.45) is -4.11. The Kier molecular flexibility index (Phi) is 4.55. The Morgan fingerprint density at radius 1 is 1.50 bits per heavy atom. The number of anilines is 1. The third kappa shape index (κ3) is 3.29. The van der Waals surface area contributed by atoms with Crippen LogP contribution in [0.4, 0.5) is 19.1 Å². The van der Waals surface area contributed by atoms with Gasteiger partial charge in [0.25, 0.3) is 0 Å². The van der Waals surface area contributed by atoms with Crippen LogP contribution in [0.3, 0.4) is 0 Å². The quantitative estimate of drug-likeness (QED) is 0.882. The fraction of sp³-hybridized carbons (Fsp3) is 0.615. The van der Waals surface area contributed by atoms with Crippen LogP contribution in [-0.2, 0) is 6.18 Å². The highest BCUT2D eigenvalue weighted by atomic mass is 19.4. The molecule has 0 aliphatic carbocycles. The number of carboxylic acid groups (broad SMARTS) is 1. The van der Waals surface area contributed by atoms with Crippen molar-refractivity contribution in [1.29, 1.82) is 0 Å². The molecule has 1 aromatic rings. The lowest BCUT2D eigenvalue weighted by Gasteiger charge is -2.38. The predicted molar refractivity (Wildman–Crippen MR) is 72.8 cm³/mol. The standard InChI is InChI=1S/C13H17F3N4O2/c1-7(2)9-6-17-3-4-20(9)12-18-5-8(11(21)22)10(19-12)13(14,15)16/h5,7,9,17H,3-4,6H2,1-2H3,(H,21,22). The van der Waals surface area contributed by atoms with E-state index in [9.17, 15) is 18.0 Å². The smallest absolute Gasteiger partial charge is 0.434 e. The molecule has 1 saturated heterocycles. The molecule has 0 aromatic carbocycles. The van der Waals surface area contributed by atoms with Crippen molar-refractivity contribution in [1.82, 2.24) is 15.3 Å². The molecule has 1 fully saturated rings. The van der Waals surface area contributed by atoms with Crippen molar-refractivity contribution in [2.24, 2.45) is 5.92 Å². The maximum Gasteiger partial charge on any atom is 0.434 e. The lowest BCUT2D eigenvalue weighted by Crippen LogP contribution is -2.54. The van der Waals surface area contributed by atoms with Gasteiger partial charge in [0, 0.05) is 31.9 Å².